The van der Waals surface area contributed by atoms with Crippen molar-refractivity contribution >= 4 is 46.1 Å². The minimum atomic E-state index is 0.0266. The van der Waals surface area contributed by atoms with Crippen molar-refractivity contribution in [1.29, 1.82) is 0 Å². The molecule has 36 heavy (non-hydrogen) atoms. The van der Waals surface area contributed by atoms with Crippen LogP contribution in [0.1, 0.15) is 16.7 Å². The van der Waals surface area contributed by atoms with Crippen LogP contribution in [-0.4, -0.2) is 24.0 Å². The molecule has 0 spiro atoms. The van der Waals surface area contributed by atoms with Crippen LogP contribution in [0.3, 0.4) is 0 Å². The van der Waals surface area contributed by atoms with E-state index in [-0.39, 0.29) is 6.61 Å². The average Bonchev–Trinajstić information content (AvgIpc) is 2.94. The van der Waals surface area contributed by atoms with Gasteiger partial charge in [0.25, 0.3) is 0 Å². The van der Waals surface area contributed by atoms with Crippen LogP contribution in [0.25, 0.3) is 22.9 Å². The van der Waals surface area contributed by atoms with Gasteiger partial charge in [0.05, 0.1) is 35.9 Å². The van der Waals surface area contributed by atoms with E-state index in [1.807, 2.05) is 97.1 Å². The molecule has 0 aromatic heterocycles. The first-order chi connectivity index (χ1) is 17.7. The molecule has 1 N–H and O–H groups in total. The highest BCUT2D eigenvalue weighted by Gasteiger charge is 2.23. The Morgan fingerprint density at radius 3 is 1.64 bits per heavy atom. The summed E-state index contributed by atoms with van der Waals surface area (Å²) in [7, 11) is 1.65. The van der Waals surface area contributed by atoms with Gasteiger partial charge >= 0.3 is 0 Å². The molecule has 4 aromatic rings. The third-order valence-corrected chi connectivity index (χ3v) is 6.05. The van der Waals surface area contributed by atoms with E-state index >= 15 is 0 Å². The molecule has 2 aliphatic heterocycles. The molecule has 0 saturated carbocycles. The van der Waals surface area contributed by atoms with Crippen LogP contribution in [0.2, 0.25) is 0 Å². The number of rotatable bonds is 6. The lowest BCUT2D eigenvalue weighted by Crippen LogP contribution is -2.11. The fourth-order valence-electron chi connectivity index (χ4n) is 4.19. The molecule has 0 aliphatic carbocycles. The van der Waals surface area contributed by atoms with Crippen LogP contribution in [-0.2, 0) is 6.61 Å². The summed E-state index contributed by atoms with van der Waals surface area (Å²) in [5, 5.41) is 11.0. The molecule has 2 heterocycles. The van der Waals surface area contributed by atoms with E-state index in [1.54, 1.807) is 7.11 Å². The zero-order valence-corrected chi connectivity index (χ0v) is 19.5. The first-order valence-corrected chi connectivity index (χ1v) is 11.5. The normalized spacial score (nSPS) is 13.9. The number of nitrogens with zero attached hydrogens (tertiary/aromatic N) is 2. The van der Waals surface area contributed by atoms with Crippen molar-refractivity contribution in [1.82, 2.24) is 0 Å². The van der Waals surface area contributed by atoms with E-state index in [0.29, 0.717) is 17.5 Å². The van der Waals surface area contributed by atoms with Gasteiger partial charge in [0.2, 0.25) is 11.8 Å². The number of aliphatic hydroxyl groups is 1. The van der Waals surface area contributed by atoms with Crippen LogP contribution >= 0.6 is 0 Å². The fraction of sp³-hybridized carbons (Fsp3) is 0.0667. The second kappa shape index (κ2) is 9.17. The lowest BCUT2D eigenvalue weighted by molar-refractivity contribution is 0.282. The van der Waals surface area contributed by atoms with Gasteiger partial charge in [-0.1, -0.05) is 36.4 Å². The average molecular weight is 475 g/mol. The van der Waals surface area contributed by atoms with Gasteiger partial charge in [0.1, 0.15) is 17.2 Å². The minimum Gasteiger partial charge on any atom is -0.497 e. The molecule has 0 bridgehead atoms. The molecule has 2 aliphatic rings. The molecule has 6 nitrogen and oxygen atoms in total. The van der Waals surface area contributed by atoms with Gasteiger partial charge < -0.3 is 19.3 Å². The Morgan fingerprint density at radius 2 is 1.17 bits per heavy atom. The lowest BCUT2D eigenvalue weighted by Gasteiger charge is -2.21. The largest absolute Gasteiger partial charge is 0.497 e. The smallest absolute Gasteiger partial charge is 0.219 e. The van der Waals surface area contributed by atoms with Gasteiger partial charge in [-0.15, -0.1) is 0 Å². The molecular weight excluding hydrogens is 452 g/mol. The Balaban J connectivity index is 1.29. The summed E-state index contributed by atoms with van der Waals surface area (Å²) in [6.45, 7) is 0.0266. The van der Waals surface area contributed by atoms with E-state index in [9.17, 15) is 5.11 Å². The summed E-state index contributed by atoms with van der Waals surface area (Å²) in [5.41, 5.74) is 4.51. The van der Waals surface area contributed by atoms with Gasteiger partial charge in [-0.05, 0) is 65.2 Å². The first-order valence-electron chi connectivity index (χ1n) is 11.5. The molecule has 0 atom stereocenters. The Labute approximate surface area is 208 Å². The number of hydrogen-bond acceptors (Lipinski definition) is 6. The van der Waals surface area contributed by atoms with E-state index < -0.39 is 0 Å². The van der Waals surface area contributed by atoms with Crippen molar-refractivity contribution in [2.45, 2.75) is 6.61 Å². The van der Waals surface area contributed by atoms with E-state index in [1.165, 1.54) is 0 Å². The second-order valence-corrected chi connectivity index (χ2v) is 8.36. The standard InChI is InChI=1S/C30H22N2O4/c1-34-22-10-6-20(7-11-22)9-17-28-32-24-13-14-25-29-23(12-15-26(36-28)30(24)29)31-27(35-25)16-8-19-2-4-21(18-33)5-3-19/h2-17,33H,18H2,1H3/b16-8+,17-9+. The molecule has 176 valence electrons. The van der Waals surface area contributed by atoms with Crippen molar-refractivity contribution in [3.8, 4) is 17.2 Å². The zero-order valence-electron chi connectivity index (χ0n) is 19.5. The van der Waals surface area contributed by atoms with E-state index in [0.717, 1.165) is 50.3 Å². The Hall–Kier alpha value is -4.68. The van der Waals surface area contributed by atoms with E-state index in [4.69, 9.17) is 24.2 Å². The van der Waals surface area contributed by atoms with Crippen molar-refractivity contribution in [3.63, 3.8) is 0 Å². The van der Waals surface area contributed by atoms with Gasteiger partial charge in [-0.3, -0.25) is 0 Å². The highest BCUT2D eigenvalue weighted by atomic mass is 16.5. The molecular formula is C30H22N2O4. The molecule has 0 fully saturated rings. The summed E-state index contributed by atoms with van der Waals surface area (Å²) in [4.78, 5) is 9.41. The van der Waals surface area contributed by atoms with Crippen molar-refractivity contribution in [2.24, 2.45) is 9.98 Å². The fourth-order valence-corrected chi connectivity index (χ4v) is 4.19. The van der Waals surface area contributed by atoms with Gasteiger partial charge in [0.15, 0.2) is 0 Å². The highest BCUT2D eigenvalue weighted by Crippen LogP contribution is 2.47. The Morgan fingerprint density at radius 1 is 0.667 bits per heavy atom. The van der Waals surface area contributed by atoms with Crippen LogP contribution in [0.5, 0.6) is 17.2 Å². The summed E-state index contributed by atoms with van der Waals surface area (Å²) >= 11 is 0. The van der Waals surface area contributed by atoms with Crippen LogP contribution in [0, 0.1) is 0 Å². The van der Waals surface area contributed by atoms with Crippen molar-refractivity contribution < 1.29 is 19.3 Å². The minimum absolute atomic E-state index is 0.0266. The molecule has 6 rings (SSSR count). The molecule has 0 amide bonds. The number of benzene rings is 4. The predicted octanol–water partition coefficient (Wildman–Crippen LogP) is 6.61. The number of aliphatic hydroxyl groups excluding tert-OH is 1. The zero-order chi connectivity index (χ0) is 24.5. The van der Waals surface area contributed by atoms with Crippen molar-refractivity contribution in [2.75, 3.05) is 7.11 Å². The number of methoxy groups -OCH3 is 1. The first kappa shape index (κ1) is 21.8. The maximum absolute atomic E-state index is 9.21. The maximum atomic E-state index is 9.21. The lowest BCUT2D eigenvalue weighted by atomic mass is 10.0. The van der Waals surface area contributed by atoms with Gasteiger partial charge in [-0.2, -0.15) is 0 Å². The summed E-state index contributed by atoms with van der Waals surface area (Å²) in [6, 6.07) is 23.2. The summed E-state index contributed by atoms with van der Waals surface area (Å²) < 4.78 is 17.4. The quantitative estimate of drug-likeness (QED) is 0.341. The van der Waals surface area contributed by atoms with Crippen LogP contribution in [0.4, 0.5) is 11.4 Å². The topological polar surface area (TPSA) is 72.6 Å². The monoisotopic (exact) mass is 474 g/mol. The molecule has 0 saturated heterocycles. The summed E-state index contributed by atoms with van der Waals surface area (Å²) in [5.74, 6) is 3.26. The maximum Gasteiger partial charge on any atom is 0.219 e. The van der Waals surface area contributed by atoms with E-state index in [2.05, 4.69) is 0 Å². The predicted molar refractivity (Wildman–Crippen MR) is 143 cm³/mol. The summed E-state index contributed by atoms with van der Waals surface area (Å²) in [6.07, 6.45) is 7.58. The number of aliphatic imine (C=N–C) groups is 2. The Kier molecular flexibility index (Phi) is 5.56. The SMILES string of the molecule is COc1ccc(/C=C/C2=Nc3ccc4c5c(ccc(c35)O2)N=C(/C=C/c2ccc(CO)cc2)O4)cc1. The Bertz CT molecular complexity index is 1460. The highest BCUT2D eigenvalue weighted by molar-refractivity contribution is 6.15. The molecule has 0 unspecified atom stereocenters. The van der Waals surface area contributed by atoms with Gasteiger partial charge in [-0.25, -0.2) is 9.98 Å². The van der Waals surface area contributed by atoms with Crippen LogP contribution < -0.4 is 14.2 Å². The second-order valence-electron chi connectivity index (χ2n) is 8.36. The third kappa shape index (κ3) is 4.15. The van der Waals surface area contributed by atoms with Crippen molar-refractivity contribution in [3.05, 3.63) is 102 Å². The number of hydrogen-bond donors (Lipinski definition) is 1. The molecule has 4 aromatic carbocycles. The van der Waals surface area contributed by atoms with Gasteiger partial charge in [0, 0.05) is 12.2 Å². The molecule has 6 heteroatoms. The van der Waals surface area contributed by atoms with Crippen LogP contribution in [0.15, 0.2) is 94.9 Å². The number of ether oxygens (including phenoxy) is 3. The third-order valence-electron chi connectivity index (χ3n) is 6.05. The molecule has 0 radical (unpaired) electrons.